The lowest BCUT2D eigenvalue weighted by Crippen LogP contribution is -2.21. The van der Waals surface area contributed by atoms with Gasteiger partial charge < -0.3 is 9.47 Å². The number of hydrogen-bond donors (Lipinski definition) is 0. The van der Waals surface area contributed by atoms with Crippen molar-refractivity contribution in [1.82, 2.24) is 9.55 Å². The maximum Gasteiger partial charge on any atom is 0.205 e. The van der Waals surface area contributed by atoms with Crippen LogP contribution in [0.15, 0.2) is 30.3 Å². The van der Waals surface area contributed by atoms with Crippen LogP contribution in [-0.2, 0) is 19.9 Å². The van der Waals surface area contributed by atoms with Crippen molar-refractivity contribution in [2.45, 2.75) is 45.4 Å². The zero-order valence-electron chi connectivity index (χ0n) is 13.9. The Morgan fingerprint density at radius 1 is 1.09 bits per heavy atom. The molecule has 3 rings (SSSR count). The molecule has 1 aromatic heterocycles. The van der Waals surface area contributed by atoms with Gasteiger partial charge in [-0.3, -0.25) is 0 Å². The van der Waals surface area contributed by atoms with Crippen LogP contribution in [0, 0.1) is 0 Å². The second kappa shape index (κ2) is 6.99. The van der Waals surface area contributed by atoms with E-state index in [-0.39, 0.29) is 0 Å². The van der Waals surface area contributed by atoms with E-state index in [4.69, 9.17) is 4.98 Å². The molecule has 1 aromatic carbocycles. The van der Waals surface area contributed by atoms with Gasteiger partial charge in [-0.15, -0.1) is 0 Å². The van der Waals surface area contributed by atoms with Crippen molar-refractivity contribution < 1.29 is 0 Å². The average molecular weight is 297 g/mol. The van der Waals surface area contributed by atoms with Gasteiger partial charge in [-0.1, -0.05) is 43.7 Å². The first-order chi connectivity index (χ1) is 10.8. The molecule has 0 atom stereocenters. The quantitative estimate of drug-likeness (QED) is 0.805. The van der Waals surface area contributed by atoms with Gasteiger partial charge >= 0.3 is 0 Å². The summed E-state index contributed by atoms with van der Waals surface area (Å²) < 4.78 is 2.35. The summed E-state index contributed by atoms with van der Waals surface area (Å²) in [6.07, 6.45) is 7.14. The molecule has 3 nitrogen and oxygen atoms in total. The fourth-order valence-electron chi connectivity index (χ4n) is 3.36. The van der Waals surface area contributed by atoms with Crippen molar-refractivity contribution in [3.05, 3.63) is 47.3 Å². The fourth-order valence-corrected chi connectivity index (χ4v) is 3.36. The van der Waals surface area contributed by atoms with Gasteiger partial charge in [-0.2, -0.15) is 0 Å². The second-order valence-corrected chi connectivity index (χ2v) is 6.32. The summed E-state index contributed by atoms with van der Waals surface area (Å²) in [5, 5.41) is 0. The van der Waals surface area contributed by atoms with Gasteiger partial charge in [0.05, 0.1) is 5.69 Å². The molecule has 0 saturated carbocycles. The van der Waals surface area contributed by atoms with Crippen LogP contribution in [0.2, 0.25) is 0 Å². The molecule has 3 heteroatoms. The monoisotopic (exact) mass is 297 g/mol. The van der Waals surface area contributed by atoms with Gasteiger partial charge in [0.1, 0.15) is 0 Å². The van der Waals surface area contributed by atoms with Crippen LogP contribution in [-0.4, -0.2) is 22.6 Å². The first-order valence-electron chi connectivity index (χ1n) is 8.63. The number of rotatable bonds is 6. The number of unbranched alkanes of at least 4 members (excludes halogenated alkanes) is 1. The Hall–Kier alpha value is -1.77. The number of anilines is 1. The van der Waals surface area contributed by atoms with Gasteiger partial charge in [0.25, 0.3) is 0 Å². The summed E-state index contributed by atoms with van der Waals surface area (Å²) in [4.78, 5) is 7.48. The molecule has 1 saturated heterocycles. The van der Waals surface area contributed by atoms with E-state index in [0.717, 1.165) is 25.9 Å². The molecular weight excluding hydrogens is 270 g/mol. The molecule has 0 aliphatic carbocycles. The van der Waals surface area contributed by atoms with E-state index in [0.29, 0.717) is 0 Å². The smallest absolute Gasteiger partial charge is 0.205 e. The molecule has 0 bridgehead atoms. The molecule has 1 fully saturated rings. The van der Waals surface area contributed by atoms with Crippen LogP contribution in [0.1, 0.15) is 49.6 Å². The third kappa shape index (κ3) is 3.18. The third-order valence-electron chi connectivity index (χ3n) is 4.64. The van der Waals surface area contributed by atoms with E-state index in [1.165, 1.54) is 48.6 Å². The summed E-state index contributed by atoms with van der Waals surface area (Å²) in [5.74, 6) is 1.18. The lowest BCUT2D eigenvalue weighted by atomic mass is 10.1. The Morgan fingerprint density at radius 2 is 1.82 bits per heavy atom. The van der Waals surface area contributed by atoms with Crippen LogP contribution in [0.25, 0.3) is 0 Å². The topological polar surface area (TPSA) is 21.1 Å². The summed E-state index contributed by atoms with van der Waals surface area (Å²) in [7, 11) is 2.19. The van der Waals surface area contributed by atoms with Crippen molar-refractivity contribution in [1.29, 1.82) is 0 Å². The second-order valence-electron chi connectivity index (χ2n) is 6.32. The van der Waals surface area contributed by atoms with E-state index in [9.17, 15) is 0 Å². The summed E-state index contributed by atoms with van der Waals surface area (Å²) in [5.41, 5.74) is 4.04. The molecule has 2 aromatic rings. The van der Waals surface area contributed by atoms with E-state index >= 15 is 0 Å². The zero-order valence-corrected chi connectivity index (χ0v) is 13.9. The Bertz CT molecular complexity index is 595. The van der Waals surface area contributed by atoms with Gasteiger partial charge in [0.15, 0.2) is 0 Å². The van der Waals surface area contributed by atoms with E-state index < -0.39 is 0 Å². The predicted octanol–water partition coefficient (Wildman–Crippen LogP) is 3.95. The molecule has 1 aliphatic heterocycles. The molecule has 118 valence electrons. The number of nitrogens with zero attached hydrogens (tertiary/aromatic N) is 3. The predicted molar refractivity (Wildman–Crippen MR) is 92.5 cm³/mol. The van der Waals surface area contributed by atoms with Crippen molar-refractivity contribution in [3.63, 3.8) is 0 Å². The van der Waals surface area contributed by atoms with Gasteiger partial charge in [-0.25, -0.2) is 4.98 Å². The minimum absolute atomic E-state index is 0.946. The first kappa shape index (κ1) is 15.1. The average Bonchev–Trinajstić information content (AvgIpc) is 3.16. The minimum Gasteiger partial charge on any atom is -0.342 e. The molecule has 1 aliphatic rings. The number of benzene rings is 1. The summed E-state index contributed by atoms with van der Waals surface area (Å²) in [6.45, 7) is 4.57. The summed E-state index contributed by atoms with van der Waals surface area (Å²) >= 11 is 0. The Kier molecular flexibility index (Phi) is 4.81. The van der Waals surface area contributed by atoms with Crippen LogP contribution >= 0.6 is 0 Å². The number of imidazole rings is 1. The highest BCUT2D eigenvalue weighted by atomic mass is 15.3. The van der Waals surface area contributed by atoms with E-state index in [1.54, 1.807) is 0 Å². The molecular formula is C19H27N3. The Balaban J connectivity index is 1.90. The highest BCUT2D eigenvalue weighted by Crippen LogP contribution is 2.25. The normalized spacial score (nSPS) is 14.7. The largest absolute Gasteiger partial charge is 0.342 e. The zero-order chi connectivity index (χ0) is 15.4. The number of hydrogen-bond acceptors (Lipinski definition) is 2. The molecule has 2 heterocycles. The van der Waals surface area contributed by atoms with Crippen LogP contribution < -0.4 is 4.90 Å². The van der Waals surface area contributed by atoms with Crippen molar-refractivity contribution >= 4 is 5.95 Å². The van der Waals surface area contributed by atoms with Crippen molar-refractivity contribution in [2.24, 2.45) is 7.05 Å². The Morgan fingerprint density at radius 3 is 2.50 bits per heavy atom. The van der Waals surface area contributed by atoms with Crippen LogP contribution in [0.5, 0.6) is 0 Å². The molecule has 0 N–H and O–H groups in total. The lowest BCUT2D eigenvalue weighted by Gasteiger charge is -2.16. The lowest BCUT2D eigenvalue weighted by molar-refractivity contribution is 0.717. The Labute approximate surface area is 134 Å². The number of aromatic nitrogens is 2. The maximum atomic E-state index is 5.03. The van der Waals surface area contributed by atoms with Gasteiger partial charge in [0, 0.05) is 32.3 Å². The van der Waals surface area contributed by atoms with Crippen LogP contribution in [0.3, 0.4) is 0 Å². The third-order valence-corrected chi connectivity index (χ3v) is 4.64. The summed E-state index contributed by atoms with van der Waals surface area (Å²) in [6, 6.07) is 10.7. The molecule has 22 heavy (non-hydrogen) atoms. The maximum absolute atomic E-state index is 5.03. The highest BCUT2D eigenvalue weighted by Gasteiger charge is 2.21. The van der Waals surface area contributed by atoms with Crippen molar-refractivity contribution in [2.75, 3.05) is 18.0 Å². The first-order valence-corrected chi connectivity index (χ1v) is 8.63. The standard InChI is InChI=1S/C19H27N3/c1-3-4-12-18-17(15-16-10-6-5-7-11-16)20-19(21(18)2)22-13-8-9-14-22/h5-7,10-11H,3-4,8-9,12-15H2,1-2H3. The fraction of sp³-hybridized carbons (Fsp3) is 0.526. The van der Waals surface area contributed by atoms with E-state index in [2.05, 4.69) is 53.8 Å². The van der Waals surface area contributed by atoms with Gasteiger partial charge in [0.2, 0.25) is 5.95 Å². The van der Waals surface area contributed by atoms with Crippen molar-refractivity contribution in [3.8, 4) is 0 Å². The van der Waals surface area contributed by atoms with Gasteiger partial charge in [-0.05, 0) is 31.2 Å². The van der Waals surface area contributed by atoms with Crippen LogP contribution in [0.4, 0.5) is 5.95 Å². The molecule has 0 amide bonds. The molecule has 0 radical (unpaired) electrons. The molecule has 0 spiro atoms. The van der Waals surface area contributed by atoms with E-state index in [1.807, 2.05) is 0 Å². The molecule has 0 unspecified atom stereocenters. The SMILES string of the molecule is CCCCc1c(Cc2ccccc2)nc(N2CCCC2)n1C. The highest BCUT2D eigenvalue weighted by molar-refractivity contribution is 5.40. The minimum atomic E-state index is 0.946.